The number of aryl methyl sites for hydroxylation is 1. The zero-order chi connectivity index (χ0) is 14.5. The predicted molar refractivity (Wildman–Crippen MR) is 77.1 cm³/mol. The molecule has 0 fully saturated rings. The highest BCUT2D eigenvalue weighted by atomic mass is 16.4. The molecule has 0 amide bonds. The highest BCUT2D eigenvalue weighted by Gasteiger charge is 2.03. The molecule has 2 aromatic rings. The highest BCUT2D eigenvalue weighted by molar-refractivity contribution is 5.98. The molecule has 104 valence electrons. The Morgan fingerprint density at radius 2 is 2.05 bits per heavy atom. The van der Waals surface area contributed by atoms with Crippen LogP contribution in [0.5, 0.6) is 0 Å². The third-order valence-corrected chi connectivity index (χ3v) is 2.86. The Balaban J connectivity index is 2.06. The molecule has 0 spiro atoms. The maximum Gasteiger partial charge on any atom is 0.335 e. The van der Waals surface area contributed by atoms with Crippen LogP contribution in [0.25, 0.3) is 0 Å². The van der Waals surface area contributed by atoms with Crippen molar-refractivity contribution < 1.29 is 9.90 Å². The van der Waals surface area contributed by atoms with E-state index < -0.39 is 5.97 Å². The zero-order valence-corrected chi connectivity index (χ0v) is 11.4. The van der Waals surface area contributed by atoms with Crippen LogP contribution in [0.15, 0.2) is 41.8 Å². The third-order valence-electron chi connectivity index (χ3n) is 2.86. The van der Waals surface area contributed by atoms with Crippen LogP contribution < -0.4 is 5.43 Å². The number of carboxylic acid groups (broad SMARTS) is 1. The first-order chi connectivity index (χ1) is 9.60. The van der Waals surface area contributed by atoms with Crippen LogP contribution in [-0.4, -0.2) is 26.6 Å². The summed E-state index contributed by atoms with van der Waals surface area (Å²) < 4.78 is 1.83. The van der Waals surface area contributed by atoms with Crippen LogP contribution in [-0.2, 0) is 6.54 Å². The van der Waals surface area contributed by atoms with Gasteiger partial charge in [-0.1, -0.05) is 0 Å². The number of carbonyl (C=O) groups is 1. The van der Waals surface area contributed by atoms with Crippen molar-refractivity contribution >= 4 is 17.4 Å². The van der Waals surface area contributed by atoms with Gasteiger partial charge >= 0.3 is 5.97 Å². The normalized spacial score (nSPS) is 11.4. The Morgan fingerprint density at radius 1 is 1.35 bits per heavy atom. The van der Waals surface area contributed by atoms with E-state index >= 15 is 0 Å². The smallest absolute Gasteiger partial charge is 0.335 e. The molecule has 1 aromatic carbocycles. The number of hydrogen-bond donors (Lipinski definition) is 2. The molecule has 0 bridgehead atoms. The standard InChI is InChI=1S/C14H16N4O2/c1-3-18-9-12(8-15-18)10(2)16-17-13-6-4-11(5-7-13)14(19)20/h4-9,17H,3H2,1-2H3,(H,19,20)/b16-10+. The second-order valence-corrected chi connectivity index (χ2v) is 4.28. The molecule has 0 aliphatic carbocycles. The quantitative estimate of drug-likeness (QED) is 0.647. The minimum absolute atomic E-state index is 0.250. The van der Waals surface area contributed by atoms with E-state index in [1.54, 1.807) is 18.3 Å². The molecule has 0 saturated carbocycles. The lowest BCUT2D eigenvalue weighted by Crippen LogP contribution is -2.00. The molecule has 2 rings (SSSR count). The number of nitrogens with zero attached hydrogens (tertiary/aromatic N) is 3. The molecule has 0 aliphatic rings. The van der Waals surface area contributed by atoms with Gasteiger partial charge in [0.25, 0.3) is 0 Å². The average Bonchev–Trinajstić information content (AvgIpc) is 2.94. The van der Waals surface area contributed by atoms with Gasteiger partial charge in [0.05, 0.1) is 23.2 Å². The molecule has 1 aromatic heterocycles. The predicted octanol–water partition coefficient (Wildman–Crippen LogP) is 2.44. The summed E-state index contributed by atoms with van der Waals surface area (Å²) in [5, 5.41) is 17.2. The number of nitrogens with one attached hydrogen (secondary N) is 1. The van der Waals surface area contributed by atoms with Crippen LogP contribution >= 0.6 is 0 Å². The average molecular weight is 272 g/mol. The highest BCUT2D eigenvalue weighted by Crippen LogP contribution is 2.10. The van der Waals surface area contributed by atoms with Crippen molar-refractivity contribution in [1.29, 1.82) is 0 Å². The molecule has 0 saturated heterocycles. The first-order valence-electron chi connectivity index (χ1n) is 6.26. The largest absolute Gasteiger partial charge is 0.478 e. The maximum absolute atomic E-state index is 10.7. The van der Waals surface area contributed by atoms with Crippen LogP contribution in [0.2, 0.25) is 0 Å². The van der Waals surface area contributed by atoms with E-state index in [4.69, 9.17) is 5.11 Å². The number of carboxylic acids is 1. The SMILES string of the molecule is CCn1cc(/C(C)=N/Nc2ccc(C(=O)O)cc2)cn1. The summed E-state index contributed by atoms with van der Waals surface area (Å²) in [5.74, 6) is -0.941. The fourth-order valence-electron chi connectivity index (χ4n) is 1.62. The lowest BCUT2D eigenvalue weighted by Gasteiger charge is -2.02. The molecule has 20 heavy (non-hydrogen) atoms. The van der Waals surface area contributed by atoms with E-state index in [1.165, 1.54) is 12.1 Å². The topological polar surface area (TPSA) is 79.5 Å². The fraction of sp³-hybridized carbons (Fsp3) is 0.214. The summed E-state index contributed by atoms with van der Waals surface area (Å²) in [7, 11) is 0. The minimum atomic E-state index is -0.941. The molecule has 6 heteroatoms. The first kappa shape index (κ1) is 13.8. The molecular weight excluding hydrogens is 256 g/mol. The van der Waals surface area contributed by atoms with Crippen molar-refractivity contribution in [1.82, 2.24) is 9.78 Å². The van der Waals surface area contributed by atoms with Gasteiger partial charge in [0.2, 0.25) is 0 Å². The molecular formula is C14H16N4O2. The number of anilines is 1. The van der Waals surface area contributed by atoms with Crippen LogP contribution in [0.4, 0.5) is 5.69 Å². The van der Waals surface area contributed by atoms with Gasteiger partial charge in [-0.25, -0.2) is 4.79 Å². The molecule has 6 nitrogen and oxygen atoms in total. The van der Waals surface area contributed by atoms with Crippen molar-refractivity contribution in [3.05, 3.63) is 47.8 Å². The van der Waals surface area contributed by atoms with Crippen molar-refractivity contribution in [2.75, 3.05) is 5.43 Å². The molecule has 2 N–H and O–H groups in total. The number of aromatic carboxylic acids is 1. The fourth-order valence-corrected chi connectivity index (χ4v) is 1.62. The number of benzene rings is 1. The molecule has 0 unspecified atom stereocenters. The van der Waals surface area contributed by atoms with Gasteiger partial charge in [0.1, 0.15) is 0 Å². The van der Waals surface area contributed by atoms with Crippen LogP contribution in [0.1, 0.15) is 29.8 Å². The monoisotopic (exact) mass is 272 g/mol. The number of hydrogen-bond acceptors (Lipinski definition) is 4. The second kappa shape index (κ2) is 6.01. The summed E-state index contributed by atoms with van der Waals surface area (Å²) in [4.78, 5) is 10.7. The van der Waals surface area contributed by atoms with Crippen molar-refractivity contribution in [3.63, 3.8) is 0 Å². The Hall–Kier alpha value is -2.63. The molecule has 1 heterocycles. The van der Waals surface area contributed by atoms with Gasteiger partial charge < -0.3 is 5.11 Å². The Morgan fingerprint density at radius 3 is 2.60 bits per heavy atom. The summed E-state index contributed by atoms with van der Waals surface area (Å²) in [5.41, 5.74) is 5.64. The first-order valence-corrected chi connectivity index (χ1v) is 6.26. The second-order valence-electron chi connectivity index (χ2n) is 4.28. The van der Waals surface area contributed by atoms with Gasteiger partial charge in [-0.2, -0.15) is 10.2 Å². The van der Waals surface area contributed by atoms with Crippen LogP contribution in [0.3, 0.4) is 0 Å². The van der Waals surface area contributed by atoms with Crippen molar-refractivity contribution in [2.24, 2.45) is 5.10 Å². The van der Waals surface area contributed by atoms with E-state index in [9.17, 15) is 4.79 Å². The van der Waals surface area contributed by atoms with E-state index in [0.717, 1.165) is 23.5 Å². The number of hydrazone groups is 1. The van der Waals surface area contributed by atoms with Gasteiger partial charge in [-0.15, -0.1) is 0 Å². The summed E-state index contributed by atoms with van der Waals surface area (Å²) >= 11 is 0. The molecule has 0 radical (unpaired) electrons. The lowest BCUT2D eigenvalue weighted by molar-refractivity contribution is 0.0697. The Bertz CT molecular complexity index is 629. The molecule has 0 aliphatic heterocycles. The van der Waals surface area contributed by atoms with Gasteiger partial charge in [-0.3, -0.25) is 10.1 Å². The third kappa shape index (κ3) is 3.23. The van der Waals surface area contributed by atoms with E-state index in [1.807, 2.05) is 24.7 Å². The number of aromatic nitrogens is 2. The van der Waals surface area contributed by atoms with E-state index in [-0.39, 0.29) is 5.56 Å². The molecule has 0 atom stereocenters. The van der Waals surface area contributed by atoms with Crippen LogP contribution in [0, 0.1) is 0 Å². The Labute approximate surface area is 116 Å². The number of rotatable bonds is 5. The lowest BCUT2D eigenvalue weighted by atomic mass is 10.2. The van der Waals surface area contributed by atoms with Gasteiger partial charge in [0.15, 0.2) is 0 Å². The van der Waals surface area contributed by atoms with Crippen molar-refractivity contribution in [3.8, 4) is 0 Å². The van der Waals surface area contributed by atoms with Crippen molar-refractivity contribution in [2.45, 2.75) is 20.4 Å². The van der Waals surface area contributed by atoms with Gasteiger partial charge in [0, 0.05) is 18.3 Å². The Kier molecular flexibility index (Phi) is 4.14. The van der Waals surface area contributed by atoms with E-state index in [2.05, 4.69) is 15.6 Å². The maximum atomic E-state index is 10.7. The minimum Gasteiger partial charge on any atom is -0.478 e. The van der Waals surface area contributed by atoms with E-state index in [0.29, 0.717) is 0 Å². The van der Waals surface area contributed by atoms with Gasteiger partial charge in [-0.05, 0) is 38.1 Å². The summed E-state index contributed by atoms with van der Waals surface area (Å²) in [6, 6.07) is 6.42. The summed E-state index contributed by atoms with van der Waals surface area (Å²) in [6.07, 6.45) is 3.69. The zero-order valence-electron chi connectivity index (χ0n) is 11.4. The summed E-state index contributed by atoms with van der Waals surface area (Å²) in [6.45, 7) is 4.72.